The van der Waals surface area contributed by atoms with Crippen LogP contribution in [0.5, 0.6) is 0 Å². The molecule has 1 N–H and O–H groups in total. The Morgan fingerprint density at radius 1 is 1.21 bits per heavy atom. The largest absolute Gasteiger partial charge is 0.480 e. The van der Waals surface area contributed by atoms with Crippen molar-refractivity contribution in [2.45, 2.75) is 31.4 Å². The first-order chi connectivity index (χ1) is 9.18. The molecule has 0 spiro atoms. The van der Waals surface area contributed by atoms with Gasteiger partial charge in [0.05, 0.1) is 19.8 Å². The normalized spacial score (nSPS) is 38.2. The van der Waals surface area contributed by atoms with Crippen LogP contribution in [-0.4, -0.2) is 60.4 Å². The summed E-state index contributed by atoms with van der Waals surface area (Å²) >= 11 is 0. The topological polar surface area (TPSA) is 76.1 Å². The average Bonchev–Trinajstić information content (AvgIpc) is 2.98. The van der Waals surface area contributed by atoms with Crippen molar-refractivity contribution in [3.8, 4) is 0 Å². The van der Waals surface area contributed by atoms with Gasteiger partial charge in [-0.25, -0.2) is 4.79 Å². The van der Waals surface area contributed by atoms with Crippen LogP contribution in [0.3, 0.4) is 0 Å². The Hall–Kier alpha value is -1.14. The third-order valence-corrected chi connectivity index (χ3v) is 4.52. The minimum absolute atomic E-state index is 0.117. The van der Waals surface area contributed by atoms with E-state index in [1.54, 1.807) is 0 Å². The number of hydrogen-bond acceptors (Lipinski definition) is 4. The summed E-state index contributed by atoms with van der Waals surface area (Å²) in [5, 5.41) is 9.41. The van der Waals surface area contributed by atoms with Crippen LogP contribution < -0.4 is 0 Å². The Morgan fingerprint density at radius 2 is 2.05 bits per heavy atom. The molecule has 0 bridgehead atoms. The number of hydrogen-bond donors (Lipinski definition) is 1. The molecule has 1 aliphatic carbocycles. The molecule has 0 radical (unpaired) electrons. The average molecular weight is 269 g/mol. The van der Waals surface area contributed by atoms with Gasteiger partial charge in [0.2, 0.25) is 0 Å². The van der Waals surface area contributed by atoms with Gasteiger partial charge in [-0.1, -0.05) is 6.42 Å². The molecule has 3 rings (SSSR count). The van der Waals surface area contributed by atoms with E-state index in [1.165, 1.54) is 4.90 Å². The zero-order valence-electron chi connectivity index (χ0n) is 10.8. The molecule has 3 aliphatic rings. The fourth-order valence-corrected chi connectivity index (χ4v) is 3.66. The number of nitrogens with zero attached hydrogens (tertiary/aromatic N) is 1. The summed E-state index contributed by atoms with van der Waals surface area (Å²) in [6.45, 7) is 1.68. The first kappa shape index (κ1) is 12.9. The van der Waals surface area contributed by atoms with E-state index >= 15 is 0 Å². The third-order valence-electron chi connectivity index (χ3n) is 4.52. The first-order valence-electron chi connectivity index (χ1n) is 6.91. The molecule has 0 aromatic heterocycles. The van der Waals surface area contributed by atoms with Gasteiger partial charge in [0, 0.05) is 6.54 Å². The van der Waals surface area contributed by atoms with Crippen LogP contribution in [0.25, 0.3) is 0 Å². The lowest BCUT2D eigenvalue weighted by molar-refractivity contribution is -0.164. The molecule has 19 heavy (non-hydrogen) atoms. The summed E-state index contributed by atoms with van der Waals surface area (Å²) in [5.41, 5.74) is 0. The van der Waals surface area contributed by atoms with Crippen molar-refractivity contribution in [2.24, 2.45) is 11.8 Å². The molecule has 1 amide bonds. The second-order valence-corrected chi connectivity index (χ2v) is 5.56. The second-order valence-electron chi connectivity index (χ2n) is 5.56. The van der Waals surface area contributed by atoms with Crippen molar-refractivity contribution in [1.29, 1.82) is 0 Å². The van der Waals surface area contributed by atoms with E-state index in [-0.39, 0.29) is 18.4 Å². The molecule has 3 fully saturated rings. The van der Waals surface area contributed by atoms with Crippen LogP contribution in [0, 0.1) is 11.8 Å². The molecule has 0 aromatic carbocycles. The number of fused-ring (bicyclic) bond motifs is 1. The fraction of sp³-hybridized carbons (Fsp3) is 0.846. The summed E-state index contributed by atoms with van der Waals surface area (Å²) in [4.78, 5) is 25.4. The lowest BCUT2D eigenvalue weighted by atomic mass is 9.94. The van der Waals surface area contributed by atoms with Crippen LogP contribution in [0.15, 0.2) is 0 Å². The van der Waals surface area contributed by atoms with Gasteiger partial charge >= 0.3 is 5.97 Å². The maximum atomic E-state index is 12.4. The highest BCUT2D eigenvalue weighted by molar-refractivity contribution is 5.87. The van der Waals surface area contributed by atoms with Gasteiger partial charge in [-0.3, -0.25) is 4.79 Å². The van der Waals surface area contributed by atoms with Gasteiger partial charge in [-0.15, -0.1) is 0 Å². The molecule has 1 saturated carbocycles. The van der Waals surface area contributed by atoms with Crippen LogP contribution in [0.4, 0.5) is 0 Å². The van der Waals surface area contributed by atoms with Gasteiger partial charge in [-0.2, -0.15) is 0 Å². The van der Waals surface area contributed by atoms with E-state index in [2.05, 4.69) is 0 Å². The maximum Gasteiger partial charge on any atom is 0.326 e. The van der Waals surface area contributed by atoms with E-state index < -0.39 is 18.1 Å². The number of carboxylic acid groups (broad SMARTS) is 1. The minimum Gasteiger partial charge on any atom is -0.480 e. The number of amides is 1. The molecule has 6 heteroatoms. The van der Waals surface area contributed by atoms with Crippen LogP contribution in [0.1, 0.15) is 19.3 Å². The van der Waals surface area contributed by atoms with Crippen molar-refractivity contribution >= 4 is 11.9 Å². The Labute approximate surface area is 111 Å². The molecular weight excluding hydrogens is 250 g/mol. The Kier molecular flexibility index (Phi) is 3.45. The van der Waals surface area contributed by atoms with Crippen molar-refractivity contribution < 1.29 is 24.2 Å². The van der Waals surface area contributed by atoms with Crippen molar-refractivity contribution in [3.05, 3.63) is 0 Å². The second kappa shape index (κ2) is 5.09. The fourth-order valence-electron chi connectivity index (χ4n) is 3.66. The number of rotatable bonds is 2. The lowest BCUT2D eigenvalue weighted by Crippen LogP contribution is -2.50. The van der Waals surface area contributed by atoms with E-state index in [1.807, 2.05) is 0 Å². The van der Waals surface area contributed by atoms with E-state index in [9.17, 15) is 14.7 Å². The predicted molar refractivity (Wildman–Crippen MR) is 64.5 cm³/mol. The molecule has 2 saturated heterocycles. The van der Waals surface area contributed by atoms with Crippen molar-refractivity contribution in [2.75, 3.05) is 26.4 Å². The van der Waals surface area contributed by atoms with Gasteiger partial charge < -0.3 is 19.5 Å². The Balaban J connectivity index is 1.75. The standard InChI is InChI=1S/C13H19NO5/c15-12(10-7-18-4-5-19-10)14-6-8-2-1-3-9(8)11(14)13(16)17/h8-11H,1-7H2,(H,16,17). The van der Waals surface area contributed by atoms with Gasteiger partial charge in [0.15, 0.2) is 6.10 Å². The molecular formula is C13H19NO5. The molecule has 4 unspecified atom stereocenters. The van der Waals surface area contributed by atoms with Crippen LogP contribution in [0.2, 0.25) is 0 Å². The SMILES string of the molecule is O=C(O)C1C2CCCC2CN1C(=O)C1COCCO1. The molecule has 4 atom stereocenters. The Bertz CT molecular complexity index is 379. The quantitative estimate of drug-likeness (QED) is 0.770. The monoisotopic (exact) mass is 269 g/mol. The van der Waals surface area contributed by atoms with Gasteiger partial charge in [0.25, 0.3) is 5.91 Å². The number of carbonyl (C=O) groups is 2. The first-order valence-corrected chi connectivity index (χ1v) is 6.91. The number of likely N-dealkylation sites (tertiary alicyclic amines) is 1. The highest BCUT2D eigenvalue weighted by atomic mass is 16.6. The molecule has 106 valence electrons. The smallest absolute Gasteiger partial charge is 0.326 e. The third kappa shape index (κ3) is 2.23. The zero-order chi connectivity index (χ0) is 13.4. The minimum atomic E-state index is -0.889. The van der Waals surface area contributed by atoms with Crippen molar-refractivity contribution in [3.63, 3.8) is 0 Å². The molecule has 2 aliphatic heterocycles. The summed E-state index contributed by atoms with van der Waals surface area (Å²) in [6.07, 6.45) is 2.38. The molecule has 0 aromatic rings. The molecule has 6 nitrogen and oxygen atoms in total. The zero-order valence-corrected chi connectivity index (χ0v) is 10.8. The summed E-state index contributed by atoms with van der Waals surface area (Å²) in [7, 11) is 0. The summed E-state index contributed by atoms with van der Waals surface area (Å²) in [5.74, 6) is -0.651. The number of carbonyl (C=O) groups excluding carboxylic acids is 1. The molecule has 2 heterocycles. The maximum absolute atomic E-state index is 12.4. The highest BCUT2D eigenvalue weighted by Gasteiger charge is 2.50. The van der Waals surface area contributed by atoms with Crippen molar-refractivity contribution in [1.82, 2.24) is 4.90 Å². The Morgan fingerprint density at radius 3 is 2.74 bits per heavy atom. The van der Waals surface area contributed by atoms with E-state index in [4.69, 9.17) is 9.47 Å². The van der Waals surface area contributed by atoms with Crippen LogP contribution >= 0.6 is 0 Å². The van der Waals surface area contributed by atoms with Gasteiger partial charge in [-0.05, 0) is 24.7 Å². The van der Waals surface area contributed by atoms with Crippen LogP contribution in [-0.2, 0) is 19.1 Å². The lowest BCUT2D eigenvalue weighted by Gasteiger charge is -2.30. The number of aliphatic carboxylic acids is 1. The summed E-state index contributed by atoms with van der Waals surface area (Å²) < 4.78 is 10.6. The summed E-state index contributed by atoms with van der Waals surface area (Å²) in [6, 6.07) is -0.675. The number of ether oxygens (including phenoxy) is 2. The van der Waals surface area contributed by atoms with E-state index in [0.717, 1.165) is 19.3 Å². The van der Waals surface area contributed by atoms with Gasteiger partial charge in [0.1, 0.15) is 6.04 Å². The predicted octanol–water partition coefficient (Wildman–Crippen LogP) is 0.113. The number of carboxylic acids is 1. The highest BCUT2D eigenvalue weighted by Crippen LogP contribution is 2.42. The van der Waals surface area contributed by atoms with E-state index in [0.29, 0.717) is 25.7 Å².